The second kappa shape index (κ2) is 5.18. The number of nitrogens with zero attached hydrogens (tertiary/aromatic N) is 2. The fraction of sp³-hybridized carbons (Fsp3) is 0.190. The molecule has 0 saturated heterocycles. The second-order valence-electron chi connectivity index (χ2n) is 6.56. The van der Waals surface area contributed by atoms with Gasteiger partial charge in [-0.05, 0) is 53.6 Å². The molecular formula is C21H18N2O. The van der Waals surface area contributed by atoms with Gasteiger partial charge in [-0.3, -0.25) is 0 Å². The molecule has 0 bridgehead atoms. The minimum Gasteiger partial charge on any atom is -0.463 e. The number of hydrogen-bond acceptors (Lipinski definition) is 3. The first-order valence-electron chi connectivity index (χ1n) is 8.37. The Labute approximate surface area is 140 Å². The maximum Gasteiger partial charge on any atom is 0.152 e. The Bertz CT molecular complexity index is 1050. The van der Waals surface area contributed by atoms with Gasteiger partial charge in [0.1, 0.15) is 5.69 Å². The molecule has 0 saturated carbocycles. The molecule has 0 amide bonds. The molecule has 0 radical (unpaired) electrons. The molecular weight excluding hydrogens is 296 g/mol. The molecule has 118 valence electrons. The minimum absolute atomic E-state index is 0.858. The van der Waals surface area contributed by atoms with Gasteiger partial charge in [-0.25, -0.2) is 4.98 Å². The molecule has 3 nitrogen and oxygen atoms in total. The van der Waals surface area contributed by atoms with Gasteiger partial charge in [0, 0.05) is 18.5 Å². The Kier molecular flexibility index (Phi) is 2.97. The van der Waals surface area contributed by atoms with E-state index in [1.165, 1.54) is 27.3 Å². The van der Waals surface area contributed by atoms with E-state index in [9.17, 15) is 0 Å². The first-order chi connectivity index (χ1) is 11.8. The van der Waals surface area contributed by atoms with E-state index in [1.807, 2.05) is 12.1 Å². The van der Waals surface area contributed by atoms with Gasteiger partial charge in [0.15, 0.2) is 5.76 Å². The van der Waals surface area contributed by atoms with Crippen molar-refractivity contribution in [3.63, 3.8) is 0 Å². The van der Waals surface area contributed by atoms with Gasteiger partial charge in [-0.15, -0.1) is 0 Å². The smallest absolute Gasteiger partial charge is 0.152 e. The van der Waals surface area contributed by atoms with Crippen LogP contribution in [0.5, 0.6) is 0 Å². The monoisotopic (exact) mass is 314 g/mol. The third-order valence-corrected chi connectivity index (χ3v) is 5.02. The van der Waals surface area contributed by atoms with Crippen molar-refractivity contribution in [2.75, 3.05) is 13.6 Å². The van der Waals surface area contributed by atoms with E-state index in [0.29, 0.717) is 0 Å². The van der Waals surface area contributed by atoms with E-state index in [4.69, 9.17) is 9.40 Å². The van der Waals surface area contributed by atoms with Crippen LogP contribution in [0.15, 0.2) is 59.2 Å². The molecule has 1 aliphatic rings. The highest BCUT2D eigenvalue weighted by Crippen LogP contribution is 2.37. The summed E-state index contributed by atoms with van der Waals surface area (Å²) < 4.78 is 5.68. The molecule has 2 aromatic carbocycles. The first-order valence-corrected chi connectivity index (χ1v) is 8.37. The lowest BCUT2D eigenvalue weighted by molar-refractivity contribution is 0.313. The molecule has 1 aliphatic heterocycles. The van der Waals surface area contributed by atoms with E-state index in [-0.39, 0.29) is 0 Å². The zero-order chi connectivity index (χ0) is 16.1. The second-order valence-corrected chi connectivity index (χ2v) is 6.56. The summed E-state index contributed by atoms with van der Waals surface area (Å²) in [5.41, 5.74) is 4.79. The van der Waals surface area contributed by atoms with Crippen LogP contribution < -0.4 is 0 Å². The Morgan fingerprint density at radius 3 is 2.79 bits per heavy atom. The predicted octanol–water partition coefficient (Wildman–Crippen LogP) is 4.64. The first kappa shape index (κ1) is 13.8. The van der Waals surface area contributed by atoms with Crippen molar-refractivity contribution in [2.24, 2.45) is 0 Å². The summed E-state index contributed by atoms with van der Waals surface area (Å²) >= 11 is 0. The number of benzene rings is 2. The van der Waals surface area contributed by atoms with Crippen molar-refractivity contribution in [3.05, 3.63) is 65.9 Å². The molecule has 3 heteroatoms. The molecule has 3 heterocycles. The molecule has 0 atom stereocenters. The third-order valence-electron chi connectivity index (χ3n) is 5.02. The third kappa shape index (κ3) is 1.98. The van der Waals surface area contributed by atoms with E-state index in [1.54, 1.807) is 6.26 Å². The van der Waals surface area contributed by atoms with Crippen LogP contribution in [0.1, 0.15) is 11.1 Å². The van der Waals surface area contributed by atoms with Crippen LogP contribution >= 0.6 is 0 Å². The van der Waals surface area contributed by atoms with Gasteiger partial charge < -0.3 is 9.32 Å². The van der Waals surface area contributed by atoms with Crippen LogP contribution in [0.2, 0.25) is 0 Å². The van der Waals surface area contributed by atoms with Crippen molar-refractivity contribution in [1.29, 1.82) is 0 Å². The number of likely N-dealkylation sites (N-methyl/N-ethyl adjacent to an activating group) is 1. The summed E-state index contributed by atoms with van der Waals surface area (Å²) in [6.07, 6.45) is 2.77. The van der Waals surface area contributed by atoms with Gasteiger partial charge >= 0.3 is 0 Å². The largest absolute Gasteiger partial charge is 0.463 e. The Morgan fingerprint density at radius 2 is 1.92 bits per heavy atom. The normalized spacial score (nSPS) is 15.0. The lowest BCUT2D eigenvalue weighted by atomic mass is 9.91. The average Bonchev–Trinajstić information content (AvgIpc) is 3.15. The fourth-order valence-corrected chi connectivity index (χ4v) is 3.87. The number of fused-ring (bicyclic) bond motifs is 5. The Hall–Kier alpha value is -2.65. The highest BCUT2D eigenvalue weighted by atomic mass is 16.3. The van der Waals surface area contributed by atoms with Gasteiger partial charge in [0.05, 0.1) is 11.8 Å². The predicted molar refractivity (Wildman–Crippen MR) is 97.0 cm³/mol. The zero-order valence-electron chi connectivity index (χ0n) is 13.6. The highest BCUT2D eigenvalue weighted by molar-refractivity contribution is 6.09. The van der Waals surface area contributed by atoms with Crippen molar-refractivity contribution >= 4 is 21.7 Å². The molecule has 0 spiro atoms. The fourth-order valence-electron chi connectivity index (χ4n) is 3.87. The summed E-state index contributed by atoms with van der Waals surface area (Å²) in [6.45, 7) is 1.99. The Morgan fingerprint density at radius 1 is 1.00 bits per heavy atom. The molecule has 0 N–H and O–H groups in total. The van der Waals surface area contributed by atoms with Crippen LogP contribution in [0.25, 0.3) is 33.1 Å². The van der Waals surface area contributed by atoms with Crippen molar-refractivity contribution in [1.82, 2.24) is 9.88 Å². The molecule has 0 fully saturated rings. The SMILES string of the molecule is CN1CCc2c(c(-c3ccco3)nc3ccc4ccccc4c23)C1. The number of hydrogen-bond donors (Lipinski definition) is 0. The number of pyridine rings is 1. The van der Waals surface area contributed by atoms with Gasteiger partial charge in [-0.2, -0.15) is 0 Å². The molecule has 4 aromatic rings. The van der Waals surface area contributed by atoms with E-state index in [0.717, 1.165) is 36.5 Å². The topological polar surface area (TPSA) is 29.3 Å². The van der Waals surface area contributed by atoms with Crippen LogP contribution in [0.4, 0.5) is 0 Å². The Balaban J connectivity index is 1.93. The van der Waals surface area contributed by atoms with E-state index >= 15 is 0 Å². The summed E-state index contributed by atoms with van der Waals surface area (Å²) in [4.78, 5) is 7.35. The van der Waals surface area contributed by atoms with Crippen LogP contribution in [-0.2, 0) is 13.0 Å². The van der Waals surface area contributed by atoms with Crippen LogP contribution in [0.3, 0.4) is 0 Å². The lowest BCUT2D eigenvalue weighted by Crippen LogP contribution is -2.27. The highest BCUT2D eigenvalue weighted by Gasteiger charge is 2.23. The van der Waals surface area contributed by atoms with Crippen molar-refractivity contribution < 1.29 is 4.42 Å². The van der Waals surface area contributed by atoms with Gasteiger partial charge in [0.2, 0.25) is 0 Å². The molecule has 2 aromatic heterocycles. The van der Waals surface area contributed by atoms with Crippen LogP contribution in [0, 0.1) is 0 Å². The van der Waals surface area contributed by atoms with Gasteiger partial charge in [-0.1, -0.05) is 30.3 Å². The van der Waals surface area contributed by atoms with E-state index < -0.39 is 0 Å². The zero-order valence-corrected chi connectivity index (χ0v) is 13.6. The summed E-state index contributed by atoms with van der Waals surface area (Å²) in [6, 6.07) is 16.8. The molecule has 5 rings (SSSR count). The van der Waals surface area contributed by atoms with E-state index in [2.05, 4.69) is 48.3 Å². The number of furan rings is 1. The number of rotatable bonds is 1. The quantitative estimate of drug-likeness (QED) is 0.479. The average molecular weight is 314 g/mol. The maximum absolute atomic E-state index is 5.68. The van der Waals surface area contributed by atoms with Crippen molar-refractivity contribution in [3.8, 4) is 11.5 Å². The molecule has 0 aliphatic carbocycles. The maximum atomic E-state index is 5.68. The van der Waals surface area contributed by atoms with Gasteiger partial charge in [0.25, 0.3) is 0 Å². The standard InChI is InChI=1S/C21H18N2O/c1-23-11-10-16-17(13-23)21(19-7-4-12-24-19)22-18-9-8-14-5-2-3-6-15(14)20(16)18/h2-9,12H,10-11,13H2,1H3. The molecule has 24 heavy (non-hydrogen) atoms. The lowest BCUT2D eigenvalue weighted by Gasteiger charge is -2.28. The summed E-state index contributed by atoms with van der Waals surface area (Å²) in [5.74, 6) is 0.858. The number of aromatic nitrogens is 1. The van der Waals surface area contributed by atoms with Crippen molar-refractivity contribution in [2.45, 2.75) is 13.0 Å². The van der Waals surface area contributed by atoms with Crippen LogP contribution in [-0.4, -0.2) is 23.5 Å². The summed E-state index contributed by atoms with van der Waals surface area (Å²) in [7, 11) is 2.17. The minimum atomic E-state index is 0.858. The summed E-state index contributed by atoms with van der Waals surface area (Å²) in [5, 5.41) is 3.89. The molecule has 0 unspecified atom stereocenters.